The van der Waals surface area contributed by atoms with E-state index >= 15 is 0 Å². The molecule has 0 fully saturated rings. The number of para-hydroxylation sites is 2. The first kappa shape index (κ1) is 22.9. The lowest BCUT2D eigenvalue weighted by Gasteiger charge is -2.15. The molecule has 32 heavy (non-hydrogen) atoms. The first-order chi connectivity index (χ1) is 15.3. The monoisotopic (exact) mass is 430 g/mol. The van der Waals surface area contributed by atoms with Gasteiger partial charge in [-0.05, 0) is 76.2 Å². The van der Waals surface area contributed by atoms with E-state index < -0.39 is 0 Å². The summed E-state index contributed by atoms with van der Waals surface area (Å²) < 4.78 is 0. The molecule has 0 aliphatic heterocycles. The van der Waals surface area contributed by atoms with Crippen LogP contribution in [0.2, 0.25) is 0 Å². The fraction of sp³-hybridized carbons (Fsp3) is 0.231. The van der Waals surface area contributed by atoms with Gasteiger partial charge in [0.05, 0.1) is 22.5 Å². The van der Waals surface area contributed by atoms with Gasteiger partial charge in [0.15, 0.2) is 0 Å². The lowest BCUT2D eigenvalue weighted by molar-refractivity contribution is 0.0935. The Bertz CT molecular complexity index is 989. The Morgan fingerprint density at radius 1 is 0.562 bits per heavy atom. The molecule has 0 radical (unpaired) electrons. The van der Waals surface area contributed by atoms with Gasteiger partial charge in [-0.3, -0.25) is 9.59 Å². The summed E-state index contributed by atoms with van der Waals surface area (Å²) in [4.78, 5) is 25.0. The average molecular weight is 431 g/mol. The third-order valence-electron chi connectivity index (χ3n) is 4.63. The van der Waals surface area contributed by atoms with Crippen molar-refractivity contribution in [2.45, 2.75) is 39.8 Å². The lowest BCUT2D eigenvalue weighted by Crippen LogP contribution is -2.30. The van der Waals surface area contributed by atoms with Crippen molar-refractivity contribution < 1.29 is 9.59 Å². The predicted molar refractivity (Wildman–Crippen MR) is 131 cm³/mol. The number of carbonyl (C=O) groups is 2. The molecule has 0 unspecified atom stereocenters. The Balaban J connectivity index is 1.74. The molecule has 0 saturated heterocycles. The fourth-order valence-electron chi connectivity index (χ4n) is 3.21. The van der Waals surface area contributed by atoms with E-state index in [-0.39, 0.29) is 23.9 Å². The molecular weight excluding hydrogens is 400 g/mol. The van der Waals surface area contributed by atoms with Crippen LogP contribution in [0.3, 0.4) is 0 Å². The third-order valence-corrected chi connectivity index (χ3v) is 4.63. The molecule has 4 N–H and O–H groups in total. The number of rotatable bonds is 8. The van der Waals surface area contributed by atoms with Crippen molar-refractivity contribution in [1.29, 1.82) is 0 Å². The highest BCUT2D eigenvalue weighted by molar-refractivity contribution is 6.01. The van der Waals surface area contributed by atoms with E-state index in [2.05, 4.69) is 21.3 Å². The van der Waals surface area contributed by atoms with Gasteiger partial charge in [0, 0.05) is 23.5 Å². The standard InChI is InChI=1S/C26H30N4O2/c1-17(2)27-25(31)21-9-5-7-11-23(21)29-19-13-15-20(16-14-19)30-24-12-8-6-10-22(24)26(32)28-18(3)4/h5-18,29-30H,1-4H3,(H,27,31)(H,28,32). The van der Waals surface area contributed by atoms with Crippen molar-refractivity contribution in [1.82, 2.24) is 10.6 Å². The molecule has 0 saturated carbocycles. The summed E-state index contributed by atoms with van der Waals surface area (Å²) in [6, 6.07) is 22.7. The minimum Gasteiger partial charge on any atom is -0.355 e. The zero-order chi connectivity index (χ0) is 23.1. The molecule has 3 rings (SSSR count). The molecule has 0 aromatic heterocycles. The van der Waals surface area contributed by atoms with Crippen LogP contribution in [0.25, 0.3) is 0 Å². The van der Waals surface area contributed by atoms with Gasteiger partial charge < -0.3 is 21.3 Å². The molecule has 6 nitrogen and oxygen atoms in total. The van der Waals surface area contributed by atoms with Crippen molar-refractivity contribution in [2.24, 2.45) is 0 Å². The normalized spacial score (nSPS) is 10.7. The Morgan fingerprint density at radius 2 is 0.906 bits per heavy atom. The number of carbonyl (C=O) groups excluding carboxylic acids is 2. The molecule has 166 valence electrons. The largest absolute Gasteiger partial charge is 0.355 e. The molecule has 6 heteroatoms. The van der Waals surface area contributed by atoms with E-state index in [4.69, 9.17) is 0 Å². The first-order valence-corrected chi connectivity index (χ1v) is 10.8. The van der Waals surface area contributed by atoms with E-state index in [0.29, 0.717) is 11.1 Å². The second-order valence-corrected chi connectivity index (χ2v) is 8.17. The van der Waals surface area contributed by atoms with E-state index in [9.17, 15) is 9.59 Å². The highest BCUT2D eigenvalue weighted by Gasteiger charge is 2.13. The summed E-state index contributed by atoms with van der Waals surface area (Å²) in [5.74, 6) is -0.227. The minimum absolute atomic E-state index is 0.0615. The van der Waals surface area contributed by atoms with E-state index in [1.165, 1.54) is 0 Å². The highest BCUT2D eigenvalue weighted by Crippen LogP contribution is 2.25. The predicted octanol–water partition coefficient (Wildman–Crippen LogP) is 5.45. The summed E-state index contributed by atoms with van der Waals surface area (Å²) in [7, 11) is 0. The quantitative estimate of drug-likeness (QED) is 0.383. The van der Waals surface area contributed by atoms with E-state index in [1.54, 1.807) is 12.1 Å². The zero-order valence-corrected chi connectivity index (χ0v) is 18.9. The maximum absolute atomic E-state index is 12.5. The Morgan fingerprint density at radius 3 is 1.25 bits per heavy atom. The second-order valence-electron chi connectivity index (χ2n) is 8.17. The van der Waals surface area contributed by atoms with Crippen molar-refractivity contribution in [3.05, 3.63) is 83.9 Å². The molecule has 0 spiro atoms. The Labute approximate surface area is 189 Å². The van der Waals surface area contributed by atoms with E-state index in [1.807, 2.05) is 88.4 Å². The summed E-state index contributed by atoms with van der Waals surface area (Å²) in [5.41, 5.74) is 4.36. The van der Waals surface area contributed by atoms with Crippen LogP contribution in [0.5, 0.6) is 0 Å². The molecule has 3 aromatic rings. The molecule has 3 aromatic carbocycles. The maximum atomic E-state index is 12.5. The molecule has 0 heterocycles. The van der Waals surface area contributed by atoms with Crippen LogP contribution in [-0.4, -0.2) is 23.9 Å². The summed E-state index contributed by atoms with van der Waals surface area (Å²) in [6.45, 7) is 7.74. The van der Waals surface area contributed by atoms with Gasteiger partial charge in [-0.2, -0.15) is 0 Å². The maximum Gasteiger partial charge on any atom is 0.253 e. The molecular formula is C26H30N4O2. The first-order valence-electron chi connectivity index (χ1n) is 10.8. The van der Waals surface area contributed by atoms with Gasteiger partial charge in [-0.25, -0.2) is 0 Å². The summed E-state index contributed by atoms with van der Waals surface area (Å²) >= 11 is 0. The van der Waals surface area contributed by atoms with Crippen LogP contribution >= 0.6 is 0 Å². The van der Waals surface area contributed by atoms with Crippen molar-refractivity contribution in [2.75, 3.05) is 10.6 Å². The molecule has 2 amide bonds. The number of nitrogens with one attached hydrogen (secondary N) is 4. The van der Waals surface area contributed by atoms with Crippen molar-refractivity contribution in [3.63, 3.8) is 0 Å². The zero-order valence-electron chi connectivity index (χ0n) is 18.9. The number of hydrogen-bond acceptors (Lipinski definition) is 4. The van der Waals surface area contributed by atoms with Gasteiger partial charge in [-0.1, -0.05) is 24.3 Å². The number of amides is 2. The number of anilines is 4. The van der Waals surface area contributed by atoms with Crippen LogP contribution in [-0.2, 0) is 0 Å². The SMILES string of the molecule is CC(C)NC(=O)c1ccccc1Nc1ccc(Nc2ccccc2C(=O)NC(C)C)cc1. The third kappa shape index (κ3) is 6.11. The molecule has 0 aliphatic rings. The van der Waals surface area contributed by atoms with Crippen LogP contribution < -0.4 is 21.3 Å². The fourth-order valence-corrected chi connectivity index (χ4v) is 3.21. The lowest BCUT2D eigenvalue weighted by atomic mass is 10.1. The van der Waals surface area contributed by atoms with Crippen molar-refractivity contribution in [3.8, 4) is 0 Å². The van der Waals surface area contributed by atoms with Crippen LogP contribution in [0.4, 0.5) is 22.7 Å². The van der Waals surface area contributed by atoms with Crippen LogP contribution in [0.15, 0.2) is 72.8 Å². The molecule has 0 aliphatic carbocycles. The highest BCUT2D eigenvalue weighted by atomic mass is 16.2. The second kappa shape index (κ2) is 10.5. The van der Waals surface area contributed by atoms with E-state index in [0.717, 1.165) is 22.7 Å². The Hall–Kier alpha value is -3.80. The Kier molecular flexibility index (Phi) is 7.49. The number of benzene rings is 3. The van der Waals surface area contributed by atoms with Gasteiger partial charge in [-0.15, -0.1) is 0 Å². The molecule has 0 bridgehead atoms. The minimum atomic E-state index is -0.113. The van der Waals surface area contributed by atoms with Crippen molar-refractivity contribution >= 4 is 34.6 Å². The van der Waals surface area contributed by atoms with Crippen LogP contribution in [0, 0.1) is 0 Å². The summed E-state index contributed by atoms with van der Waals surface area (Å²) in [6.07, 6.45) is 0. The van der Waals surface area contributed by atoms with Gasteiger partial charge >= 0.3 is 0 Å². The smallest absolute Gasteiger partial charge is 0.253 e. The number of hydrogen-bond donors (Lipinski definition) is 4. The average Bonchev–Trinajstić information content (AvgIpc) is 2.75. The summed E-state index contributed by atoms with van der Waals surface area (Å²) in [5, 5.41) is 12.5. The van der Waals surface area contributed by atoms with Gasteiger partial charge in [0.1, 0.15) is 0 Å². The van der Waals surface area contributed by atoms with Gasteiger partial charge in [0.2, 0.25) is 0 Å². The van der Waals surface area contributed by atoms with Crippen LogP contribution in [0.1, 0.15) is 48.4 Å². The van der Waals surface area contributed by atoms with Gasteiger partial charge in [0.25, 0.3) is 11.8 Å². The topological polar surface area (TPSA) is 82.3 Å². The molecule has 0 atom stereocenters.